The van der Waals surface area contributed by atoms with Crippen molar-refractivity contribution in [3.05, 3.63) is 188 Å². The molecule has 3 nitrogen and oxygen atoms in total. The Kier molecular flexibility index (Phi) is 6.81. The van der Waals surface area contributed by atoms with Crippen LogP contribution < -0.4 is 0 Å². The first-order valence-corrected chi connectivity index (χ1v) is 17.3. The Morgan fingerprint density at radius 3 is 1.71 bits per heavy atom. The molecule has 7 aromatic carbocycles. The minimum atomic E-state index is 0.938. The molecule has 0 bridgehead atoms. The molecule has 0 atom stereocenters. The summed E-state index contributed by atoms with van der Waals surface area (Å²) in [6.45, 7) is 0. The third-order valence-electron chi connectivity index (χ3n) is 9.95. The first-order valence-electron chi connectivity index (χ1n) is 17.3. The fourth-order valence-corrected chi connectivity index (χ4v) is 7.63. The second kappa shape index (κ2) is 11.9. The Labute approximate surface area is 295 Å². The highest BCUT2D eigenvalue weighted by molar-refractivity contribution is 6.29. The number of rotatable bonds is 5. The highest BCUT2D eigenvalue weighted by Crippen LogP contribution is 2.42. The fraction of sp³-hybridized carbons (Fsp3) is 0. The van der Waals surface area contributed by atoms with Crippen molar-refractivity contribution in [3.63, 3.8) is 0 Å². The van der Waals surface area contributed by atoms with Gasteiger partial charge in [0.1, 0.15) is 0 Å². The van der Waals surface area contributed by atoms with Crippen LogP contribution in [0.1, 0.15) is 0 Å². The van der Waals surface area contributed by atoms with Crippen LogP contribution in [-0.2, 0) is 0 Å². The second-order valence-electron chi connectivity index (χ2n) is 13.0. The molecule has 0 N–H and O–H groups in total. The van der Waals surface area contributed by atoms with Crippen molar-refractivity contribution < 1.29 is 0 Å². The Balaban J connectivity index is 1.23. The lowest BCUT2D eigenvalue weighted by Crippen LogP contribution is -1.96. The molecule has 0 radical (unpaired) electrons. The molecule has 3 heterocycles. The van der Waals surface area contributed by atoms with Gasteiger partial charge in [-0.25, -0.2) is 9.97 Å². The van der Waals surface area contributed by atoms with E-state index in [1.54, 1.807) is 0 Å². The summed E-state index contributed by atoms with van der Waals surface area (Å²) in [6, 6.07) is 66.6. The van der Waals surface area contributed by atoms with Crippen molar-refractivity contribution in [2.45, 2.75) is 0 Å². The Morgan fingerprint density at radius 2 is 0.941 bits per heavy atom. The molecule has 10 rings (SSSR count). The SMILES string of the molecule is c1ccc(-c2cc(-c3ccccc3)nc(-c3cccc(-n4c5ccccc5c5c6c(ccc54)c(-c4ccccc4)nc4ccccc46)c3)c2)cc1. The maximum atomic E-state index is 5.24. The van der Waals surface area contributed by atoms with Gasteiger partial charge in [0.15, 0.2) is 0 Å². The molecule has 238 valence electrons. The van der Waals surface area contributed by atoms with Gasteiger partial charge < -0.3 is 4.57 Å². The average molecular weight is 650 g/mol. The van der Waals surface area contributed by atoms with Crippen molar-refractivity contribution in [1.82, 2.24) is 14.5 Å². The van der Waals surface area contributed by atoms with Crippen LogP contribution in [0.2, 0.25) is 0 Å². The molecule has 10 aromatic rings. The number of fused-ring (bicyclic) bond motifs is 7. The highest BCUT2D eigenvalue weighted by Gasteiger charge is 2.20. The van der Waals surface area contributed by atoms with Crippen LogP contribution in [0, 0.1) is 0 Å². The van der Waals surface area contributed by atoms with Crippen molar-refractivity contribution >= 4 is 43.5 Å². The predicted octanol–water partition coefficient (Wildman–Crippen LogP) is 12.5. The van der Waals surface area contributed by atoms with E-state index in [9.17, 15) is 0 Å². The Bertz CT molecular complexity index is 2830. The zero-order valence-corrected chi connectivity index (χ0v) is 27.7. The Hall–Kier alpha value is -6.84. The van der Waals surface area contributed by atoms with Crippen molar-refractivity contribution in [2.24, 2.45) is 0 Å². The van der Waals surface area contributed by atoms with Gasteiger partial charge in [0.2, 0.25) is 0 Å². The zero-order valence-electron chi connectivity index (χ0n) is 27.7. The molecule has 0 saturated carbocycles. The predicted molar refractivity (Wildman–Crippen MR) is 213 cm³/mol. The molecule has 0 amide bonds. The Morgan fingerprint density at radius 1 is 0.333 bits per heavy atom. The van der Waals surface area contributed by atoms with Gasteiger partial charge in [0, 0.05) is 49.3 Å². The van der Waals surface area contributed by atoms with Gasteiger partial charge in [-0.3, -0.25) is 0 Å². The van der Waals surface area contributed by atoms with E-state index < -0.39 is 0 Å². The number of pyridine rings is 2. The molecular weight excluding hydrogens is 619 g/mol. The summed E-state index contributed by atoms with van der Waals surface area (Å²) in [6.07, 6.45) is 0. The monoisotopic (exact) mass is 649 g/mol. The maximum absolute atomic E-state index is 5.24. The summed E-state index contributed by atoms with van der Waals surface area (Å²) >= 11 is 0. The normalized spacial score (nSPS) is 11.5. The van der Waals surface area contributed by atoms with Crippen LogP contribution in [0.15, 0.2) is 188 Å². The number of nitrogens with zero attached hydrogens (tertiary/aromatic N) is 3. The molecule has 0 aliphatic rings. The van der Waals surface area contributed by atoms with E-state index in [1.807, 2.05) is 6.07 Å². The molecule has 51 heavy (non-hydrogen) atoms. The quantitative estimate of drug-likeness (QED) is 0.174. The van der Waals surface area contributed by atoms with E-state index in [-0.39, 0.29) is 0 Å². The zero-order chi connectivity index (χ0) is 33.7. The van der Waals surface area contributed by atoms with E-state index in [0.29, 0.717) is 0 Å². The number of para-hydroxylation sites is 2. The van der Waals surface area contributed by atoms with E-state index in [2.05, 4.69) is 187 Å². The van der Waals surface area contributed by atoms with E-state index in [4.69, 9.17) is 9.97 Å². The molecule has 0 fully saturated rings. The summed E-state index contributed by atoms with van der Waals surface area (Å²) in [5.41, 5.74) is 12.9. The lowest BCUT2D eigenvalue weighted by molar-refractivity contribution is 1.18. The van der Waals surface area contributed by atoms with Gasteiger partial charge in [0.25, 0.3) is 0 Å². The average Bonchev–Trinajstić information content (AvgIpc) is 3.56. The lowest BCUT2D eigenvalue weighted by atomic mass is 9.96. The summed E-state index contributed by atoms with van der Waals surface area (Å²) in [5, 5.41) is 5.99. The van der Waals surface area contributed by atoms with Crippen molar-refractivity contribution in [1.29, 1.82) is 0 Å². The van der Waals surface area contributed by atoms with E-state index in [1.165, 1.54) is 21.7 Å². The van der Waals surface area contributed by atoms with Gasteiger partial charge in [-0.15, -0.1) is 0 Å². The third kappa shape index (κ3) is 4.90. The van der Waals surface area contributed by atoms with Crippen LogP contribution >= 0.6 is 0 Å². The van der Waals surface area contributed by atoms with Gasteiger partial charge in [-0.2, -0.15) is 0 Å². The van der Waals surface area contributed by atoms with E-state index >= 15 is 0 Å². The number of aromatic nitrogens is 3. The second-order valence-corrected chi connectivity index (χ2v) is 13.0. The molecule has 0 spiro atoms. The fourth-order valence-electron chi connectivity index (χ4n) is 7.63. The number of hydrogen-bond acceptors (Lipinski definition) is 2. The summed E-state index contributed by atoms with van der Waals surface area (Å²) < 4.78 is 2.41. The van der Waals surface area contributed by atoms with Gasteiger partial charge in [-0.1, -0.05) is 146 Å². The standard InChI is InChI=1S/C48H31N3/c1-4-15-32(16-5-1)36-30-42(33-17-6-2-7-18-33)49-43(31-36)35-21-14-22-37(29-35)51-44-26-13-11-24-39(44)47-45(51)28-27-40-46(47)38-23-10-12-25-41(38)50-48(40)34-19-8-3-9-20-34/h1-31H. The molecule has 3 aromatic heterocycles. The number of benzene rings is 7. The molecule has 0 unspecified atom stereocenters. The molecule has 0 aliphatic heterocycles. The third-order valence-corrected chi connectivity index (χ3v) is 9.95. The first kappa shape index (κ1) is 29.1. The minimum absolute atomic E-state index is 0.938. The topological polar surface area (TPSA) is 30.7 Å². The van der Waals surface area contributed by atoms with Crippen LogP contribution in [0.4, 0.5) is 0 Å². The first-order chi connectivity index (χ1) is 25.3. The van der Waals surface area contributed by atoms with Crippen LogP contribution in [-0.4, -0.2) is 14.5 Å². The molecule has 0 aliphatic carbocycles. The largest absolute Gasteiger partial charge is 0.309 e. The summed E-state index contributed by atoms with van der Waals surface area (Å²) in [7, 11) is 0. The van der Waals surface area contributed by atoms with Crippen molar-refractivity contribution in [3.8, 4) is 50.6 Å². The number of hydrogen-bond donors (Lipinski definition) is 0. The maximum Gasteiger partial charge on any atom is 0.0788 e. The smallest absolute Gasteiger partial charge is 0.0788 e. The van der Waals surface area contributed by atoms with Crippen LogP contribution in [0.25, 0.3) is 94.1 Å². The van der Waals surface area contributed by atoms with Gasteiger partial charge >= 0.3 is 0 Å². The van der Waals surface area contributed by atoms with Crippen molar-refractivity contribution in [2.75, 3.05) is 0 Å². The summed E-state index contributed by atoms with van der Waals surface area (Å²) in [4.78, 5) is 10.5. The highest BCUT2D eigenvalue weighted by atomic mass is 15.0. The molecule has 0 saturated heterocycles. The minimum Gasteiger partial charge on any atom is -0.309 e. The van der Waals surface area contributed by atoms with Crippen LogP contribution in [0.5, 0.6) is 0 Å². The van der Waals surface area contributed by atoms with Crippen LogP contribution in [0.3, 0.4) is 0 Å². The molecular formula is C48H31N3. The summed E-state index contributed by atoms with van der Waals surface area (Å²) in [5.74, 6) is 0. The molecule has 3 heteroatoms. The van der Waals surface area contributed by atoms with E-state index in [0.717, 1.165) is 72.3 Å². The van der Waals surface area contributed by atoms with Gasteiger partial charge in [0.05, 0.1) is 33.6 Å². The van der Waals surface area contributed by atoms with Gasteiger partial charge in [-0.05, 0) is 53.6 Å². The lowest BCUT2D eigenvalue weighted by Gasteiger charge is -2.14.